The number of pyridine rings is 1. The second-order valence-corrected chi connectivity index (χ2v) is 8.87. The van der Waals surface area contributed by atoms with E-state index in [-0.39, 0.29) is 6.54 Å². The van der Waals surface area contributed by atoms with Gasteiger partial charge in [0, 0.05) is 11.6 Å². The van der Waals surface area contributed by atoms with Crippen molar-refractivity contribution >= 4 is 29.0 Å². The van der Waals surface area contributed by atoms with Gasteiger partial charge in [-0.15, -0.1) is 11.3 Å². The highest BCUT2D eigenvalue weighted by molar-refractivity contribution is 7.09. The van der Waals surface area contributed by atoms with Gasteiger partial charge in [-0.2, -0.15) is 0 Å². The van der Waals surface area contributed by atoms with Crippen LogP contribution in [-0.4, -0.2) is 21.8 Å². The summed E-state index contributed by atoms with van der Waals surface area (Å²) < 4.78 is 5.79. The molecule has 7 heteroatoms. The van der Waals surface area contributed by atoms with Crippen LogP contribution in [0.15, 0.2) is 90.4 Å². The van der Waals surface area contributed by atoms with Crippen molar-refractivity contribution in [3.63, 3.8) is 0 Å². The molecule has 0 spiro atoms. The lowest BCUT2D eigenvalue weighted by atomic mass is 9.97. The molecule has 172 valence electrons. The summed E-state index contributed by atoms with van der Waals surface area (Å²) in [4.78, 5) is 37.8. The second kappa shape index (κ2) is 10.9. The number of nitrogens with zero attached hydrogens (tertiary/aromatic N) is 3. The van der Waals surface area contributed by atoms with Crippen molar-refractivity contribution in [2.75, 3.05) is 4.90 Å². The lowest BCUT2D eigenvalue weighted by molar-refractivity contribution is -0.152. The zero-order valence-electron chi connectivity index (χ0n) is 19.0. The number of hydrogen-bond acceptors (Lipinski definition) is 6. The Morgan fingerprint density at radius 1 is 0.941 bits per heavy atom. The molecule has 0 radical (unpaired) electrons. The number of aryl methyl sites for hydroxylation is 1. The van der Waals surface area contributed by atoms with Crippen LogP contribution in [0.1, 0.15) is 40.8 Å². The van der Waals surface area contributed by atoms with Crippen LogP contribution in [0, 0.1) is 6.92 Å². The number of benzene rings is 2. The Morgan fingerprint density at radius 2 is 1.59 bits per heavy atom. The highest BCUT2D eigenvalue weighted by atomic mass is 32.1. The Balaban J connectivity index is 1.68. The number of rotatable bonds is 8. The van der Waals surface area contributed by atoms with E-state index in [1.807, 2.05) is 54.8 Å². The topological polar surface area (TPSA) is 72.4 Å². The lowest BCUT2D eigenvalue weighted by Gasteiger charge is -2.26. The zero-order valence-corrected chi connectivity index (χ0v) is 19.8. The van der Waals surface area contributed by atoms with E-state index < -0.39 is 23.9 Å². The monoisotopic (exact) mass is 471 g/mol. The van der Waals surface area contributed by atoms with E-state index in [4.69, 9.17) is 4.74 Å². The molecule has 0 aliphatic rings. The van der Waals surface area contributed by atoms with E-state index in [9.17, 15) is 9.59 Å². The maximum Gasteiger partial charge on any atom is 0.323 e. The summed E-state index contributed by atoms with van der Waals surface area (Å²) >= 11 is 1.51. The summed E-state index contributed by atoms with van der Waals surface area (Å²) in [7, 11) is 0. The van der Waals surface area contributed by atoms with Gasteiger partial charge in [-0.1, -0.05) is 66.7 Å². The van der Waals surface area contributed by atoms with Gasteiger partial charge < -0.3 is 4.74 Å². The zero-order chi connectivity index (χ0) is 23.9. The van der Waals surface area contributed by atoms with Gasteiger partial charge in [-0.25, -0.2) is 9.97 Å². The Morgan fingerprint density at radius 3 is 2.18 bits per heavy atom. The maximum absolute atomic E-state index is 14.0. The van der Waals surface area contributed by atoms with Gasteiger partial charge >= 0.3 is 5.97 Å². The first-order valence-corrected chi connectivity index (χ1v) is 11.8. The molecule has 2 aromatic heterocycles. The summed E-state index contributed by atoms with van der Waals surface area (Å²) in [5.74, 6) is -1.72. The molecule has 4 aromatic rings. The number of aromatic nitrogens is 2. The molecule has 0 saturated heterocycles. The molecule has 2 unspecified atom stereocenters. The SMILES string of the molecule is Cc1nc(CN(C(=O)C(C(=O)OC(C)c2ccccc2)c2ccccc2)c2ccccn2)cs1. The van der Waals surface area contributed by atoms with Crippen molar-refractivity contribution in [3.8, 4) is 0 Å². The Bertz CT molecular complexity index is 1230. The minimum absolute atomic E-state index is 0.199. The summed E-state index contributed by atoms with van der Waals surface area (Å²) in [6.45, 7) is 3.91. The normalized spacial score (nSPS) is 12.5. The minimum atomic E-state index is -1.14. The van der Waals surface area contributed by atoms with Crippen LogP contribution in [0.5, 0.6) is 0 Å². The van der Waals surface area contributed by atoms with Crippen molar-refractivity contribution in [3.05, 3.63) is 112 Å². The average molecular weight is 472 g/mol. The number of carbonyl (C=O) groups is 2. The van der Waals surface area contributed by atoms with Crippen molar-refractivity contribution < 1.29 is 14.3 Å². The number of anilines is 1. The summed E-state index contributed by atoms with van der Waals surface area (Å²) in [5.41, 5.74) is 2.15. The Kier molecular flexibility index (Phi) is 7.44. The number of carbonyl (C=O) groups excluding carboxylic acids is 2. The van der Waals surface area contributed by atoms with Gasteiger partial charge in [0.05, 0.1) is 17.2 Å². The van der Waals surface area contributed by atoms with Gasteiger partial charge in [-0.3, -0.25) is 14.5 Å². The number of thiazole rings is 1. The number of hydrogen-bond donors (Lipinski definition) is 0. The standard InChI is InChI=1S/C27H25N3O3S/c1-19(21-11-5-3-6-12-21)33-27(32)25(22-13-7-4-8-14-22)26(31)30(24-15-9-10-16-28-24)17-23-18-34-20(2)29-23/h3-16,18-19,25H,17H2,1-2H3. The molecule has 34 heavy (non-hydrogen) atoms. The lowest BCUT2D eigenvalue weighted by Crippen LogP contribution is -2.39. The second-order valence-electron chi connectivity index (χ2n) is 7.80. The summed E-state index contributed by atoms with van der Waals surface area (Å²) in [6, 6.07) is 23.8. The van der Waals surface area contributed by atoms with Crippen LogP contribution >= 0.6 is 11.3 Å². The Hall–Kier alpha value is -3.84. The van der Waals surface area contributed by atoms with Crippen LogP contribution < -0.4 is 4.90 Å². The fourth-order valence-electron chi connectivity index (χ4n) is 3.64. The molecule has 0 saturated carbocycles. The molecule has 0 bridgehead atoms. The van der Waals surface area contributed by atoms with E-state index in [0.29, 0.717) is 11.4 Å². The molecule has 2 aromatic carbocycles. The third-order valence-corrected chi connectivity index (χ3v) is 6.18. The van der Waals surface area contributed by atoms with Crippen molar-refractivity contribution in [2.45, 2.75) is 32.4 Å². The molecule has 2 atom stereocenters. The van der Waals surface area contributed by atoms with Crippen LogP contribution in [-0.2, 0) is 20.9 Å². The average Bonchev–Trinajstić information content (AvgIpc) is 3.29. The number of ether oxygens (including phenoxy) is 1. The highest BCUT2D eigenvalue weighted by Crippen LogP contribution is 2.28. The molecule has 4 rings (SSSR count). The molecule has 1 amide bonds. The van der Waals surface area contributed by atoms with Gasteiger partial charge in [0.1, 0.15) is 11.9 Å². The Labute approximate surface area is 202 Å². The quantitative estimate of drug-likeness (QED) is 0.252. The molecule has 0 aliphatic heterocycles. The van der Waals surface area contributed by atoms with E-state index >= 15 is 0 Å². The molecule has 0 fully saturated rings. The van der Waals surface area contributed by atoms with Gasteiger partial charge in [0.2, 0.25) is 5.91 Å². The van der Waals surface area contributed by atoms with Gasteiger partial charge in [0.25, 0.3) is 0 Å². The fraction of sp³-hybridized carbons (Fsp3) is 0.185. The fourth-order valence-corrected chi connectivity index (χ4v) is 4.25. The molecule has 2 heterocycles. The van der Waals surface area contributed by atoms with E-state index in [1.54, 1.807) is 49.5 Å². The van der Waals surface area contributed by atoms with Crippen molar-refractivity contribution in [1.82, 2.24) is 9.97 Å². The first-order valence-electron chi connectivity index (χ1n) is 11.0. The van der Waals surface area contributed by atoms with E-state index in [1.165, 1.54) is 16.2 Å². The van der Waals surface area contributed by atoms with Crippen LogP contribution in [0.25, 0.3) is 0 Å². The summed E-state index contributed by atoms with van der Waals surface area (Å²) in [5, 5.41) is 2.81. The number of esters is 1. The third-order valence-electron chi connectivity index (χ3n) is 5.36. The van der Waals surface area contributed by atoms with Crippen LogP contribution in [0.2, 0.25) is 0 Å². The van der Waals surface area contributed by atoms with Gasteiger partial charge in [-0.05, 0) is 37.1 Å². The molecule has 6 nitrogen and oxygen atoms in total. The first-order chi connectivity index (χ1) is 16.5. The predicted octanol–water partition coefficient (Wildman–Crippen LogP) is 5.47. The molecule has 0 aliphatic carbocycles. The first kappa shape index (κ1) is 23.3. The highest BCUT2D eigenvalue weighted by Gasteiger charge is 2.36. The van der Waals surface area contributed by atoms with Crippen molar-refractivity contribution in [1.29, 1.82) is 0 Å². The van der Waals surface area contributed by atoms with Crippen LogP contribution in [0.3, 0.4) is 0 Å². The third kappa shape index (κ3) is 5.55. The van der Waals surface area contributed by atoms with E-state index in [0.717, 1.165) is 16.3 Å². The van der Waals surface area contributed by atoms with E-state index in [2.05, 4.69) is 9.97 Å². The maximum atomic E-state index is 14.0. The molecule has 0 N–H and O–H groups in total. The van der Waals surface area contributed by atoms with Crippen molar-refractivity contribution in [2.24, 2.45) is 0 Å². The largest absolute Gasteiger partial charge is 0.457 e. The predicted molar refractivity (Wildman–Crippen MR) is 132 cm³/mol. The molecular weight excluding hydrogens is 446 g/mol. The minimum Gasteiger partial charge on any atom is -0.457 e. The number of amides is 1. The van der Waals surface area contributed by atoms with Crippen LogP contribution in [0.4, 0.5) is 5.82 Å². The smallest absolute Gasteiger partial charge is 0.323 e. The summed E-state index contributed by atoms with van der Waals surface area (Å²) in [6.07, 6.45) is 1.12. The van der Waals surface area contributed by atoms with Gasteiger partial charge in [0.15, 0.2) is 5.92 Å². The molecular formula is C27H25N3O3S.